The van der Waals surface area contributed by atoms with Crippen molar-refractivity contribution in [1.29, 1.82) is 0 Å². The minimum absolute atomic E-state index is 0.295. The van der Waals surface area contributed by atoms with Gasteiger partial charge in [0.15, 0.2) is 0 Å². The summed E-state index contributed by atoms with van der Waals surface area (Å²) in [6, 6.07) is 8.35. The molecule has 0 amide bonds. The van der Waals surface area contributed by atoms with Crippen LogP contribution < -0.4 is 5.32 Å². The molecule has 17 heavy (non-hydrogen) atoms. The van der Waals surface area contributed by atoms with Crippen LogP contribution in [0.15, 0.2) is 28.7 Å². The molecular formula is C14H22BrNO. The van der Waals surface area contributed by atoms with Gasteiger partial charge in [0.2, 0.25) is 0 Å². The number of halogens is 1. The fraction of sp³-hybridized carbons (Fsp3) is 0.571. The standard InChI is InChI=1S/C14H22BrNO/c1-2-4-12(7-8-17)10-16-11-13-5-3-6-14(15)9-13/h3,5-6,9,12,16-17H,2,4,7-8,10-11H2,1H3. The summed E-state index contributed by atoms with van der Waals surface area (Å²) in [5.74, 6) is 0.595. The number of benzene rings is 1. The van der Waals surface area contributed by atoms with Gasteiger partial charge in [0.25, 0.3) is 0 Å². The van der Waals surface area contributed by atoms with E-state index < -0.39 is 0 Å². The summed E-state index contributed by atoms with van der Waals surface area (Å²) in [4.78, 5) is 0. The molecule has 0 aromatic heterocycles. The number of hydrogen-bond donors (Lipinski definition) is 2. The number of aliphatic hydroxyl groups excluding tert-OH is 1. The van der Waals surface area contributed by atoms with Crippen LogP contribution in [-0.4, -0.2) is 18.3 Å². The lowest BCUT2D eigenvalue weighted by Crippen LogP contribution is -2.23. The van der Waals surface area contributed by atoms with Crippen molar-refractivity contribution in [3.8, 4) is 0 Å². The molecule has 1 aromatic rings. The minimum atomic E-state index is 0.295. The van der Waals surface area contributed by atoms with Crippen LogP contribution in [-0.2, 0) is 6.54 Å². The van der Waals surface area contributed by atoms with Gasteiger partial charge in [-0.25, -0.2) is 0 Å². The van der Waals surface area contributed by atoms with E-state index in [2.05, 4.69) is 46.4 Å². The molecule has 0 aliphatic carbocycles. The first-order valence-corrected chi connectivity index (χ1v) is 7.11. The molecule has 1 unspecified atom stereocenters. The molecule has 1 aromatic carbocycles. The van der Waals surface area contributed by atoms with Gasteiger partial charge in [-0.05, 0) is 43.0 Å². The summed E-state index contributed by atoms with van der Waals surface area (Å²) in [6.07, 6.45) is 3.27. The first-order chi connectivity index (χ1) is 8.26. The third-order valence-electron chi connectivity index (χ3n) is 2.89. The lowest BCUT2D eigenvalue weighted by Gasteiger charge is -2.15. The molecule has 0 bridgehead atoms. The van der Waals surface area contributed by atoms with Gasteiger partial charge in [0, 0.05) is 17.6 Å². The lowest BCUT2D eigenvalue weighted by atomic mass is 10.0. The highest BCUT2D eigenvalue weighted by Gasteiger charge is 2.06. The van der Waals surface area contributed by atoms with E-state index in [1.807, 2.05) is 6.07 Å². The molecule has 0 radical (unpaired) electrons. The second-order valence-electron chi connectivity index (χ2n) is 4.43. The molecule has 1 rings (SSSR count). The van der Waals surface area contributed by atoms with E-state index in [0.717, 1.165) is 24.0 Å². The van der Waals surface area contributed by atoms with E-state index in [9.17, 15) is 0 Å². The van der Waals surface area contributed by atoms with Crippen LogP contribution in [0.1, 0.15) is 31.7 Å². The Morgan fingerprint density at radius 1 is 1.35 bits per heavy atom. The number of aliphatic hydroxyl groups is 1. The van der Waals surface area contributed by atoms with Crippen molar-refractivity contribution in [2.45, 2.75) is 32.7 Å². The lowest BCUT2D eigenvalue weighted by molar-refractivity contribution is 0.248. The van der Waals surface area contributed by atoms with Crippen LogP contribution >= 0.6 is 15.9 Å². The van der Waals surface area contributed by atoms with E-state index in [-0.39, 0.29) is 0 Å². The van der Waals surface area contributed by atoms with Crippen molar-refractivity contribution in [2.24, 2.45) is 5.92 Å². The fourth-order valence-electron chi connectivity index (χ4n) is 2.01. The van der Waals surface area contributed by atoms with Crippen molar-refractivity contribution >= 4 is 15.9 Å². The van der Waals surface area contributed by atoms with Crippen LogP contribution in [0, 0.1) is 5.92 Å². The van der Waals surface area contributed by atoms with Crippen LogP contribution in [0.2, 0.25) is 0 Å². The average Bonchev–Trinajstić information content (AvgIpc) is 2.30. The van der Waals surface area contributed by atoms with Crippen LogP contribution in [0.25, 0.3) is 0 Å². The Kier molecular flexibility index (Phi) is 7.49. The molecule has 1 atom stereocenters. The van der Waals surface area contributed by atoms with Crippen molar-refractivity contribution in [1.82, 2.24) is 5.32 Å². The largest absolute Gasteiger partial charge is 0.396 e. The number of hydrogen-bond acceptors (Lipinski definition) is 2. The Hall–Kier alpha value is -0.380. The Morgan fingerprint density at radius 3 is 2.82 bits per heavy atom. The second kappa shape index (κ2) is 8.67. The first-order valence-electron chi connectivity index (χ1n) is 6.32. The third kappa shape index (κ3) is 6.20. The zero-order valence-corrected chi connectivity index (χ0v) is 12.0. The van der Waals surface area contributed by atoms with E-state index in [0.29, 0.717) is 12.5 Å². The van der Waals surface area contributed by atoms with Gasteiger partial charge in [-0.1, -0.05) is 41.4 Å². The molecule has 2 N–H and O–H groups in total. The van der Waals surface area contributed by atoms with Crippen LogP contribution in [0.3, 0.4) is 0 Å². The van der Waals surface area contributed by atoms with E-state index in [1.54, 1.807) is 0 Å². The van der Waals surface area contributed by atoms with E-state index >= 15 is 0 Å². The van der Waals surface area contributed by atoms with Gasteiger partial charge >= 0.3 is 0 Å². The normalized spacial score (nSPS) is 12.6. The fourth-order valence-corrected chi connectivity index (χ4v) is 2.45. The molecule has 0 spiro atoms. The third-order valence-corrected chi connectivity index (χ3v) is 3.38. The van der Waals surface area contributed by atoms with Gasteiger partial charge in [-0.3, -0.25) is 0 Å². The van der Waals surface area contributed by atoms with Crippen molar-refractivity contribution in [3.05, 3.63) is 34.3 Å². The predicted octanol–water partition coefficient (Wildman–Crippen LogP) is 3.34. The number of nitrogens with one attached hydrogen (secondary N) is 1. The number of rotatable bonds is 8. The van der Waals surface area contributed by atoms with Gasteiger partial charge in [0.1, 0.15) is 0 Å². The molecule has 0 saturated heterocycles. The van der Waals surface area contributed by atoms with Crippen molar-refractivity contribution < 1.29 is 5.11 Å². The molecule has 0 fully saturated rings. The van der Waals surface area contributed by atoms with Crippen LogP contribution in [0.4, 0.5) is 0 Å². The topological polar surface area (TPSA) is 32.3 Å². The average molecular weight is 300 g/mol. The van der Waals surface area contributed by atoms with Gasteiger partial charge in [-0.2, -0.15) is 0 Å². The Bertz CT molecular complexity index is 311. The molecule has 96 valence electrons. The zero-order valence-electron chi connectivity index (χ0n) is 10.5. The molecule has 0 aliphatic rings. The highest BCUT2D eigenvalue weighted by atomic mass is 79.9. The highest BCUT2D eigenvalue weighted by Crippen LogP contribution is 2.12. The Morgan fingerprint density at radius 2 is 2.18 bits per heavy atom. The summed E-state index contributed by atoms with van der Waals surface area (Å²) < 4.78 is 1.12. The van der Waals surface area contributed by atoms with Crippen LogP contribution in [0.5, 0.6) is 0 Å². The molecule has 3 heteroatoms. The smallest absolute Gasteiger partial charge is 0.0434 e. The molecule has 0 saturated carbocycles. The Balaban J connectivity index is 2.30. The summed E-state index contributed by atoms with van der Waals surface area (Å²) in [5.41, 5.74) is 1.29. The van der Waals surface area contributed by atoms with Gasteiger partial charge < -0.3 is 10.4 Å². The summed E-state index contributed by atoms with van der Waals surface area (Å²) in [5, 5.41) is 12.4. The van der Waals surface area contributed by atoms with Crippen molar-refractivity contribution in [3.63, 3.8) is 0 Å². The van der Waals surface area contributed by atoms with E-state index in [4.69, 9.17) is 5.11 Å². The summed E-state index contributed by atoms with van der Waals surface area (Å²) in [7, 11) is 0. The summed E-state index contributed by atoms with van der Waals surface area (Å²) in [6.45, 7) is 4.37. The predicted molar refractivity (Wildman–Crippen MR) is 75.9 cm³/mol. The maximum Gasteiger partial charge on any atom is 0.0434 e. The monoisotopic (exact) mass is 299 g/mol. The first kappa shape index (κ1) is 14.7. The maximum atomic E-state index is 8.98. The van der Waals surface area contributed by atoms with Gasteiger partial charge in [0.05, 0.1) is 0 Å². The molecule has 0 aliphatic heterocycles. The minimum Gasteiger partial charge on any atom is -0.396 e. The quantitative estimate of drug-likeness (QED) is 0.772. The van der Waals surface area contributed by atoms with E-state index in [1.165, 1.54) is 18.4 Å². The highest BCUT2D eigenvalue weighted by molar-refractivity contribution is 9.10. The molecule has 2 nitrogen and oxygen atoms in total. The Labute approximate surface area is 113 Å². The van der Waals surface area contributed by atoms with Gasteiger partial charge in [-0.15, -0.1) is 0 Å². The SMILES string of the molecule is CCCC(CCO)CNCc1cccc(Br)c1. The maximum absolute atomic E-state index is 8.98. The summed E-state index contributed by atoms with van der Waals surface area (Å²) >= 11 is 3.47. The second-order valence-corrected chi connectivity index (χ2v) is 5.34. The van der Waals surface area contributed by atoms with Crippen molar-refractivity contribution in [2.75, 3.05) is 13.2 Å². The molecular weight excluding hydrogens is 278 g/mol. The molecule has 0 heterocycles. The zero-order chi connectivity index (χ0) is 12.5.